The number of thiocarbonyl (C=S) groups is 2. The minimum Gasteiger partial charge on any atom is -0.332 e. The van der Waals surface area contributed by atoms with Gasteiger partial charge in [-0.05, 0) is 90.9 Å². The molecule has 8 heteroatoms. The van der Waals surface area contributed by atoms with Crippen LogP contribution in [-0.2, 0) is 0 Å². The molecule has 0 saturated heterocycles. The van der Waals surface area contributed by atoms with Gasteiger partial charge < -0.3 is 21.3 Å². The molecule has 4 rings (SSSR count). The maximum absolute atomic E-state index is 5.51. The van der Waals surface area contributed by atoms with Crippen LogP contribution in [-0.4, -0.2) is 21.7 Å². The number of anilines is 4. The van der Waals surface area contributed by atoms with Crippen molar-refractivity contribution >= 4 is 80.9 Å². The van der Waals surface area contributed by atoms with Gasteiger partial charge in [0, 0.05) is 21.2 Å². The second-order valence-corrected chi connectivity index (χ2v) is 11.0. The molecule has 0 heterocycles. The molecule has 4 aromatic rings. The van der Waals surface area contributed by atoms with E-state index in [0.717, 1.165) is 40.7 Å². The minimum atomic E-state index is 0.582. The first-order valence-corrected chi connectivity index (χ1v) is 14.7. The fraction of sp³-hybridized carbons (Fsp3) is 0.103. The Morgan fingerprint density at radius 3 is 1.30 bits per heavy atom. The van der Waals surface area contributed by atoms with Crippen LogP contribution in [0.4, 0.5) is 22.7 Å². The summed E-state index contributed by atoms with van der Waals surface area (Å²) < 4.78 is 0. The van der Waals surface area contributed by atoms with Crippen LogP contribution >= 0.6 is 48.0 Å². The molecule has 0 bridgehead atoms. The monoisotopic (exact) mass is 560 g/mol. The lowest BCUT2D eigenvalue weighted by Gasteiger charge is -2.14. The van der Waals surface area contributed by atoms with E-state index >= 15 is 0 Å². The lowest BCUT2D eigenvalue weighted by atomic mass is 10.3. The molecule has 0 saturated carbocycles. The fourth-order valence-corrected chi connectivity index (χ4v) is 5.98. The molecule has 0 radical (unpaired) electrons. The van der Waals surface area contributed by atoms with Gasteiger partial charge in [0.1, 0.15) is 0 Å². The van der Waals surface area contributed by atoms with Crippen molar-refractivity contribution in [3.05, 3.63) is 109 Å². The second kappa shape index (κ2) is 14.6. The van der Waals surface area contributed by atoms with Gasteiger partial charge in [-0.1, -0.05) is 60.7 Å². The smallest absolute Gasteiger partial charge is 0.175 e. The van der Waals surface area contributed by atoms with Gasteiger partial charge in [-0.15, -0.1) is 23.5 Å². The summed E-state index contributed by atoms with van der Waals surface area (Å²) in [5, 5.41) is 14.3. The summed E-state index contributed by atoms with van der Waals surface area (Å²) in [5.74, 6) is 2.02. The standard InChI is InChI=1S/C29H28N4S4/c34-28(30-22-12-3-1-4-13-22)32-24-16-7-9-18-26(24)36-20-11-21-37-27-19-10-8-17-25(27)33-29(35)31-23-14-5-2-6-15-23/h1-10,12-19H,11,20-21H2,(H2,30,32,34)(H2,31,33,35). The zero-order valence-corrected chi connectivity index (χ0v) is 23.4. The lowest BCUT2D eigenvalue weighted by molar-refractivity contribution is 1.12. The van der Waals surface area contributed by atoms with Gasteiger partial charge in [-0.2, -0.15) is 0 Å². The summed E-state index contributed by atoms with van der Waals surface area (Å²) in [7, 11) is 0. The molecular formula is C29H28N4S4. The Morgan fingerprint density at radius 2 is 0.865 bits per heavy atom. The number of rotatable bonds is 10. The molecule has 4 nitrogen and oxygen atoms in total. The Balaban J connectivity index is 1.23. The number of nitrogens with one attached hydrogen (secondary N) is 4. The van der Waals surface area contributed by atoms with Gasteiger partial charge in [-0.3, -0.25) is 0 Å². The number of thioether (sulfide) groups is 2. The molecule has 0 fully saturated rings. The van der Waals surface area contributed by atoms with Crippen molar-refractivity contribution in [1.82, 2.24) is 0 Å². The van der Waals surface area contributed by atoms with Crippen molar-refractivity contribution in [2.75, 3.05) is 32.8 Å². The first-order chi connectivity index (χ1) is 18.2. The van der Waals surface area contributed by atoms with E-state index in [4.69, 9.17) is 24.4 Å². The lowest BCUT2D eigenvalue weighted by Crippen LogP contribution is -2.19. The van der Waals surface area contributed by atoms with Crippen LogP contribution in [0.5, 0.6) is 0 Å². The van der Waals surface area contributed by atoms with Crippen molar-refractivity contribution in [2.24, 2.45) is 0 Å². The van der Waals surface area contributed by atoms with Gasteiger partial charge in [0.15, 0.2) is 10.2 Å². The summed E-state index contributed by atoms with van der Waals surface area (Å²) in [6.07, 6.45) is 1.07. The van der Waals surface area contributed by atoms with Gasteiger partial charge in [0.05, 0.1) is 11.4 Å². The summed E-state index contributed by atoms with van der Waals surface area (Å²) in [6, 6.07) is 36.4. The summed E-state index contributed by atoms with van der Waals surface area (Å²) >= 11 is 14.7. The zero-order chi connectivity index (χ0) is 25.7. The Labute approximate surface area is 238 Å². The first-order valence-electron chi connectivity index (χ1n) is 11.9. The zero-order valence-electron chi connectivity index (χ0n) is 20.1. The summed E-state index contributed by atoms with van der Waals surface area (Å²) in [6.45, 7) is 0. The molecule has 0 unspecified atom stereocenters. The highest BCUT2D eigenvalue weighted by Gasteiger charge is 2.07. The normalized spacial score (nSPS) is 10.4. The quantitative estimate of drug-likeness (QED) is 0.0874. The first kappa shape index (κ1) is 27.0. The minimum absolute atomic E-state index is 0.582. The van der Waals surface area contributed by atoms with Crippen LogP contribution in [0, 0.1) is 0 Å². The number of para-hydroxylation sites is 4. The van der Waals surface area contributed by atoms with Crippen molar-refractivity contribution in [3.63, 3.8) is 0 Å². The average Bonchev–Trinajstić information content (AvgIpc) is 2.91. The molecule has 0 aliphatic heterocycles. The SMILES string of the molecule is S=C(Nc1ccccc1)Nc1ccccc1SCCCSc1ccccc1NC(=S)Nc1ccccc1. The van der Waals surface area contributed by atoms with E-state index < -0.39 is 0 Å². The molecule has 4 aromatic carbocycles. The highest BCUT2D eigenvalue weighted by molar-refractivity contribution is 8.00. The highest BCUT2D eigenvalue weighted by Crippen LogP contribution is 2.31. The summed E-state index contributed by atoms with van der Waals surface area (Å²) in [4.78, 5) is 2.37. The molecule has 0 spiro atoms. The summed E-state index contributed by atoms with van der Waals surface area (Å²) in [5.41, 5.74) is 3.96. The van der Waals surface area contributed by atoms with E-state index in [1.165, 1.54) is 9.79 Å². The third-order valence-corrected chi connectivity index (χ3v) is 7.87. The maximum atomic E-state index is 5.51. The molecule has 0 aliphatic rings. The molecule has 0 aromatic heterocycles. The molecule has 37 heavy (non-hydrogen) atoms. The Morgan fingerprint density at radius 1 is 0.486 bits per heavy atom. The van der Waals surface area contributed by atoms with Gasteiger partial charge in [0.2, 0.25) is 0 Å². The van der Waals surface area contributed by atoms with Gasteiger partial charge >= 0.3 is 0 Å². The molecule has 4 N–H and O–H groups in total. The van der Waals surface area contributed by atoms with Crippen LogP contribution in [0.25, 0.3) is 0 Å². The van der Waals surface area contributed by atoms with E-state index in [2.05, 4.69) is 57.7 Å². The van der Waals surface area contributed by atoms with Crippen LogP contribution in [0.15, 0.2) is 119 Å². The third-order valence-electron chi connectivity index (χ3n) is 5.14. The predicted octanol–water partition coefficient (Wildman–Crippen LogP) is 8.58. The average molecular weight is 561 g/mol. The van der Waals surface area contributed by atoms with E-state index in [1.54, 1.807) is 0 Å². The van der Waals surface area contributed by atoms with E-state index in [1.807, 2.05) is 96.3 Å². The largest absolute Gasteiger partial charge is 0.332 e. The van der Waals surface area contributed by atoms with Crippen LogP contribution in [0.3, 0.4) is 0 Å². The second-order valence-electron chi connectivity index (χ2n) is 7.93. The van der Waals surface area contributed by atoms with Crippen molar-refractivity contribution in [2.45, 2.75) is 16.2 Å². The van der Waals surface area contributed by atoms with E-state index in [9.17, 15) is 0 Å². The van der Waals surface area contributed by atoms with Gasteiger partial charge in [0.25, 0.3) is 0 Å². The van der Waals surface area contributed by atoms with E-state index in [-0.39, 0.29) is 0 Å². The molecule has 188 valence electrons. The van der Waals surface area contributed by atoms with Crippen molar-refractivity contribution in [1.29, 1.82) is 0 Å². The van der Waals surface area contributed by atoms with Crippen LogP contribution in [0.1, 0.15) is 6.42 Å². The number of benzene rings is 4. The van der Waals surface area contributed by atoms with E-state index in [0.29, 0.717) is 10.2 Å². The fourth-order valence-electron chi connectivity index (χ4n) is 3.43. The van der Waals surface area contributed by atoms with Crippen LogP contribution < -0.4 is 21.3 Å². The third kappa shape index (κ3) is 9.09. The molecule has 0 atom stereocenters. The predicted molar refractivity (Wildman–Crippen MR) is 172 cm³/mol. The van der Waals surface area contributed by atoms with Crippen LogP contribution in [0.2, 0.25) is 0 Å². The molecule has 0 aliphatic carbocycles. The Hall–Kier alpha value is -3.04. The molecule has 0 amide bonds. The topological polar surface area (TPSA) is 48.1 Å². The number of hydrogen-bond donors (Lipinski definition) is 4. The van der Waals surface area contributed by atoms with Crippen molar-refractivity contribution < 1.29 is 0 Å². The maximum Gasteiger partial charge on any atom is 0.175 e. The Bertz CT molecular complexity index is 1200. The highest BCUT2D eigenvalue weighted by atomic mass is 32.2. The van der Waals surface area contributed by atoms with Gasteiger partial charge in [-0.25, -0.2) is 0 Å². The molecular weight excluding hydrogens is 533 g/mol. The van der Waals surface area contributed by atoms with Crippen molar-refractivity contribution in [3.8, 4) is 0 Å². The Kier molecular flexibility index (Phi) is 10.7. The number of hydrogen-bond acceptors (Lipinski definition) is 4.